The van der Waals surface area contributed by atoms with Crippen LogP contribution in [0.3, 0.4) is 0 Å². The number of aromatic nitrogens is 3. The zero-order chi connectivity index (χ0) is 32.5. The SMILES string of the molecule is C=CCON=C(C(=O)N[C@@H]1C(=O)N2C(C(=O)[O-])=C(C[N+]3(C)CCN(C(=O)c4cc(=O)c(O)c[nH]4)CC3)CS[C@H]12)c1nsc(N)n1. The molecule has 5 heterocycles. The molecule has 2 saturated heterocycles. The third-order valence-electron chi connectivity index (χ3n) is 7.55. The van der Waals surface area contributed by atoms with Crippen molar-refractivity contribution < 1.29 is 38.7 Å². The van der Waals surface area contributed by atoms with Gasteiger partial charge in [-0.05, 0) is 0 Å². The second-order valence-electron chi connectivity index (χ2n) is 10.7. The third kappa shape index (κ3) is 6.40. The largest absolute Gasteiger partial charge is 0.543 e. The average molecular weight is 660 g/mol. The number of nitrogen functional groups attached to an aromatic ring is 1. The molecule has 0 aliphatic carbocycles. The van der Waals surface area contributed by atoms with Gasteiger partial charge in [0.25, 0.3) is 17.7 Å². The number of carbonyl (C=O) groups is 4. The molecular weight excluding hydrogens is 630 g/mol. The Labute approximate surface area is 263 Å². The smallest absolute Gasteiger partial charge is 0.278 e. The lowest BCUT2D eigenvalue weighted by Crippen LogP contribution is -2.72. The highest BCUT2D eigenvalue weighted by atomic mass is 32.2. The number of thioether (sulfide) groups is 1. The Hall–Kier alpha value is -4.75. The van der Waals surface area contributed by atoms with Crippen molar-refractivity contribution in [2.45, 2.75) is 11.4 Å². The van der Waals surface area contributed by atoms with Gasteiger partial charge < -0.3 is 45.3 Å². The van der Waals surface area contributed by atoms with E-state index in [0.29, 0.717) is 36.2 Å². The molecule has 17 nitrogen and oxygen atoms in total. The van der Waals surface area contributed by atoms with Crippen molar-refractivity contribution in [3.8, 4) is 5.75 Å². The first kappa shape index (κ1) is 31.7. The minimum absolute atomic E-state index is 0.00138. The van der Waals surface area contributed by atoms with Gasteiger partial charge in [-0.3, -0.25) is 24.1 Å². The minimum Gasteiger partial charge on any atom is -0.543 e. The van der Waals surface area contributed by atoms with E-state index in [0.717, 1.165) is 28.7 Å². The molecule has 0 radical (unpaired) electrons. The van der Waals surface area contributed by atoms with E-state index in [4.69, 9.17) is 10.6 Å². The maximum absolute atomic E-state index is 13.2. The number of rotatable bonds is 10. The van der Waals surface area contributed by atoms with Crippen molar-refractivity contribution in [1.82, 2.24) is 29.5 Å². The average Bonchev–Trinajstić information content (AvgIpc) is 3.44. The Balaban J connectivity index is 1.26. The van der Waals surface area contributed by atoms with Gasteiger partial charge in [-0.2, -0.15) is 9.36 Å². The van der Waals surface area contributed by atoms with E-state index < -0.39 is 46.3 Å². The molecule has 5 rings (SSSR count). The molecule has 2 fully saturated rings. The molecule has 0 bridgehead atoms. The summed E-state index contributed by atoms with van der Waals surface area (Å²) < 4.78 is 4.37. The number of likely N-dealkylation sites (N-methyl/N-ethyl adjacent to an activating group) is 1. The number of aromatic amines is 1. The minimum atomic E-state index is -1.51. The van der Waals surface area contributed by atoms with Crippen LogP contribution in [0.4, 0.5) is 5.13 Å². The fourth-order valence-corrected chi connectivity index (χ4v) is 6.97. The van der Waals surface area contributed by atoms with Crippen LogP contribution in [0.2, 0.25) is 0 Å². The Kier molecular flexibility index (Phi) is 8.94. The van der Waals surface area contributed by atoms with Gasteiger partial charge in [-0.1, -0.05) is 17.8 Å². The van der Waals surface area contributed by atoms with Gasteiger partial charge in [0.1, 0.15) is 30.3 Å². The summed E-state index contributed by atoms with van der Waals surface area (Å²) >= 11 is 2.15. The van der Waals surface area contributed by atoms with Crippen molar-refractivity contribution in [3.05, 3.63) is 57.9 Å². The van der Waals surface area contributed by atoms with Crippen LogP contribution in [0.5, 0.6) is 5.75 Å². The molecule has 0 unspecified atom stereocenters. The number of fused-ring (bicyclic) bond motifs is 1. The van der Waals surface area contributed by atoms with Crippen molar-refractivity contribution in [3.63, 3.8) is 0 Å². The van der Waals surface area contributed by atoms with Crippen LogP contribution in [-0.4, -0.2) is 127 Å². The molecule has 3 aliphatic rings. The monoisotopic (exact) mass is 659 g/mol. The summed E-state index contributed by atoms with van der Waals surface area (Å²) in [5.74, 6) is -3.64. The second-order valence-corrected chi connectivity index (χ2v) is 12.6. The maximum Gasteiger partial charge on any atom is 0.278 e. The highest BCUT2D eigenvalue weighted by molar-refractivity contribution is 8.00. The van der Waals surface area contributed by atoms with Gasteiger partial charge in [-0.15, -0.1) is 11.8 Å². The number of carboxylic acid groups (broad SMARTS) is 1. The van der Waals surface area contributed by atoms with Gasteiger partial charge in [0.15, 0.2) is 10.9 Å². The normalized spacial score (nSPS) is 21.1. The second kappa shape index (κ2) is 12.7. The van der Waals surface area contributed by atoms with Crippen molar-refractivity contribution in [1.29, 1.82) is 0 Å². The first-order valence-corrected chi connectivity index (χ1v) is 15.4. The zero-order valence-electron chi connectivity index (χ0n) is 23.9. The number of oxime groups is 1. The van der Waals surface area contributed by atoms with E-state index in [2.05, 4.69) is 31.4 Å². The molecule has 0 aromatic carbocycles. The number of aliphatic carboxylic acids is 1. The van der Waals surface area contributed by atoms with E-state index in [1.807, 2.05) is 7.05 Å². The number of nitrogens with zero attached hydrogens (tertiary/aromatic N) is 6. The number of nitrogens with one attached hydrogen (secondary N) is 2. The molecule has 45 heavy (non-hydrogen) atoms. The molecule has 3 amide bonds. The highest BCUT2D eigenvalue weighted by Crippen LogP contribution is 2.40. The van der Waals surface area contributed by atoms with Gasteiger partial charge in [0, 0.05) is 35.1 Å². The summed E-state index contributed by atoms with van der Waals surface area (Å²) in [6, 6.07) is -0.00679. The highest BCUT2D eigenvalue weighted by Gasteiger charge is 2.54. The van der Waals surface area contributed by atoms with E-state index >= 15 is 0 Å². The predicted octanol–water partition coefficient (Wildman–Crippen LogP) is -2.57. The summed E-state index contributed by atoms with van der Waals surface area (Å²) in [5, 5.41) is 27.5. The molecule has 0 spiro atoms. The number of carboxylic acids is 1. The van der Waals surface area contributed by atoms with Crippen LogP contribution >= 0.6 is 23.3 Å². The number of nitrogens with two attached hydrogens (primary N) is 1. The van der Waals surface area contributed by atoms with Gasteiger partial charge in [0.05, 0.1) is 44.9 Å². The Morgan fingerprint density at radius 2 is 2.09 bits per heavy atom. The van der Waals surface area contributed by atoms with Crippen LogP contribution in [0.25, 0.3) is 0 Å². The summed E-state index contributed by atoms with van der Waals surface area (Å²) in [6.45, 7) is 5.41. The van der Waals surface area contributed by atoms with Crippen LogP contribution < -0.4 is 21.6 Å². The summed E-state index contributed by atoms with van der Waals surface area (Å²) in [6.07, 6.45) is 2.48. The first-order chi connectivity index (χ1) is 21.4. The van der Waals surface area contributed by atoms with Gasteiger partial charge >= 0.3 is 0 Å². The van der Waals surface area contributed by atoms with E-state index in [1.54, 1.807) is 4.90 Å². The number of H-pyrrole nitrogens is 1. The molecule has 2 aromatic rings. The standard InChI is InChI=1S/C26H29N9O8S2/c1-3-8-43-31-17(20-30-26(27)45-32-20)21(38)29-18-23(40)34-19(25(41)42)13(12-44-24(18)34)11-35(2)6-4-33(5-7-35)22(39)14-9-15(36)16(37)10-28-14/h3,9-10,18,24H,1,4-8,11-12H2,2H3,(H5-,27,28,29,30,31,32,36,37,38,39,41,42)/t18-,24-/m1/s1. The maximum atomic E-state index is 13.2. The number of aromatic hydroxyl groups is 1. The number of quaternary nitrogens is 1. The van der Waals surface area contributed by atoms with Crippen LogP contribution in [0.1, 0.15) is 16.3 Å². The van der Waals surface area contributed by atoms with Crippen molar-refractivity contribution in [2.24, 2.45) is 5.16 Å². The van der Waals surface area contributed by atoms with E-state index in [9.17, 15) is 34.2 Å². The Morgan fingerprint density at radius 1 is 1.36 bits per heavy atom. The fraction of sp³-hybridized carbons (Fsp3) is 0.385. The van der Waals surface area contributed by atoms with Crippen molar-refractivity contribution in [2.75, 3.05) is 57.9 Å². The van der Waals surface area contributed by atoms with Crippen LogP contribution in [0, 0.1) is 0 Å². The molecule has 238 valence electrons. The number of anilines is 1. The van der Waals surface area contributed by atoms with E-state index in [-0.39, 0.29) is 47.0 Å². The molecule has 19 heteroatoms. The third-order valence-corrected chi connectivity index (χ3v) is 9.43. The molecule has 2 atom stereocenters. The van der Waals surface area contributed by atoms with Crippen molar-refractivity contribution >= 4 is 57.8 Å². The fourth-order valence-electron chi connectivity index (χ4n) is 5.20. The number of piperazine rings is 1. The summed E-state index contributed by atoms with van der Waals surface area (Å²) in [5.41, 5.74) is 4.99. The van der Waals surface area contributed by atoms with Crippen LogP contribution in [0.15, 0.2) is 46.1 Å². The number of hydrogen-bond donors (Lipinski definition) is 4. The molecular formula is C26H29N9O8S2. The molecule has 2 aromatic heterocycles. The lowest BCUT2D eigenvalue weighted by Gasteiger charge is -2.51. The topological polar surface area (TPSA) is 236 Å². The Bertz CT molecular complexity index is 1680. The predicted molar refractivity (Wildman–Crippen MR) is 159 cm³/mol. The number of pyridine rings is 1. The lowest BCUT2D eigenvalue weighted by molar-refractivity contribution is -0.908. The van der Waals surface area contributed by atoms with Crippen LogP contribution in [-0.2, 0) is 19.2 Å². The lowest BCUT2D eigenvalue weighted by atomic mass is 10.0. The molecule has 5 N–H and O–H groups in total. The molecule has 3 aliphatic heterocycles. The molecule has 0 saturated carbocycles. The number of amides is 3. The number of β-lactam (4-membered cyclic amide) rings is 1. The number of carbonyl (C=O) groups excluding carboxylic acids is 4. The number of hydrogen-bond acceptors (Lipinski definition) is 14. The van der Waals surface area contributed by atoms with Gasteiger partial charge in [-0.25, -0.2) is 0 Å². The Morgan fingerprint density at radius 3 is 2.71 bits per heavy atom. The van der Waals surface area contributed by atoms with E-state index in [1.165, 1.54) is 17.8 Å². The van der Waals surface area contributed by atoms with Gasteiger partial charge in [0.2, 0.25) is 17.0 Å². The quantitative estimate of drug-likeness (QED) is 0.0514. The summed E-state index contributed by atoms with van der Waals surface area (Å²) in [7, 11) is 1.93. The first-order valence-electron chi connectivity index (χ1n) is 13.6. The zero-order valence-corrected chi connectivity index (χ0v) is 25.6. The summed E-state index contributed by atoms with van der Waals surface area (Å²) in [4.78, 5) is 77.6.